The van der Waals surface area contributed by atoms with Gasteiger partial charge < -0.3 is 4.90 Å². The Bertz CT molecular complexity index is 441. The molecule has 0 spiro atoms. The van der Waals surface area contributed by atoms with Crippen molar-refractivity contribution in [2.75, 3.05) is 6.54 Å². The summed E-state index contributed by atoms with van der Waals surface area (Å²) in [7, 11) is 0. The first-order valence-corrected chi connectivity index (χ1v) is 5.62. The first-order chi connectivity index (χ1) is 7.75. The molecule has 1 aliphatic heterocycles. The van der Waals surface area contributed by atoms with Gasteiger partial charge >= 0.3 is 0 Å². The molecule has 2 unspecified atom stereocenters. The molecule has 16 heavy (non-hydrogen) atoms. The van der Waals surface area contributed by atoms with Crippen LogP contribution in [0.1, 0.15) is 24.3 Å². The fraction of sp³-hybridized carbons (Fsp3) is 0.385. The third-order valence-corrected chi connectivity index (χ3v) is 3.40. The number of carbonyl (C=O) groups is 2. The van der Waals surface area contributed by atoms with Crippen LogP contribution in [0.4, 0.5) is 0 Å². The second-order valence-corrected chi connectivity index (χ2v) is 4.56. The lowest BCUT2D eigenvalue weighted by Gasteiger charge is -2.14. The van der Waals surface area contributed by atoms with Crippen LogP contribution in [0.3, 0.4) is 0 Å². The van der Waals surface area contributed by atoms with E-state index in [0.717, 1.165) is 6.42 Å². The maximum absolute atomic E-state index is 11.5. The van der Waals surface area contributed by atoms with Crippen LogP contribution in [0.2, 0.25) is 0 Å². The van der Waals surface area contributed by atoms with Gasteiger partial charge in [0.2, 0.25) is 5.91 Å². The second-order valence-electron chi connectivity index (χ2n) is 4.56. The van der Waals surface area contributed by atoms with E-state index in [9.17, 15) is 9.59 Å². The molecule has 1 heterocycles. The van der Waals surface area contributed by atoms with Crippen molar-refractivity contribution in [3.8, 4) is 0 Å². The summed E-state index contributed by atoms with van der Waals surface area (Å²) in [6.07, 6.45) is 1.11. The largest absolute Gasteiger partial charge is 0.331 e. The van der Waals surface area contributed by atoms with E-state index in [0.29, 0.717) is 12.5 Å². The zero-order valence-corrected chi connectivity index (χ0v) is 8.93. The van der Waals surface area contributed by atoms with Crippen molar-refractivity contribution in [1.82, 2.24) is 4.90 Å². The molecule has 2 aliphatic rings. The van der Waals surface area contributed by atoms with Crippen molar-refractivity contribution in [2.45, 2.75) is 24.8 Å². The van der Waals surface area contributed by atoms with Crippen molar-refractivity contribution >= 4 is 11.7 Å². The molecule has 82 valence electrons. The van der Waals surface area contributed by atoms with Crippen LogP contribution in [0, 0.1) is 0 Å². The number of likely N-dealkylation sites (tertiary alicyclic amines) is 1. The van der Waals surface area contributed by atoms with E-state index >= 15 is 0 Å². The van der Waals surface area contributed by atoms with E-state index < -0.39 is 0 Å². The van der Waals surface area contributed by atoms with Crippen molar-refractivity contribution in [2.24, 2.45) is 0 Å². The third-order valence-electron chi connectivity index (χ3n) is 3.40. The van der Waals surface area contributed by atoms with Gasteiger partial charge in [0, 0.05) is 12.0 Å². The summed E-state index contributed by atoms with van der Waals surface area (Å²) in [4.78, 5) is 24.5. The number of nitrogens with zero attached hydrogens (tertiary/aromatic N) is 1. The Labute approximate surface area is 94.1 Å². The van der Waals surface area contributed by atoms with E-state index in [-0.39, 0.29) is 24.2 Å². The van der Waals surface area contributed by atoms with Crippen molar-refractivity contribution in [1.29, 1.82) is 0 Å². The number of carbonyl (C=O) groups excluding carboxylic acids is 2. The van der Waals surface area contributed by atoms with Crippen LogP contribution >= 0.6 is 0 Å². The average molecular weight is 215 g/mol. The lowest BCUT2D eigenvalue weighted by atomic mass is 10.1. The minimum atomic E-state index is 0.00781. The summed E-state index contributed by atoms with van der Waals surface area (Å²) < 4.78 is 0. The highest BCUT2D eigenvalue weighted by Crippen LogP contribution is 2.45. The van der Waals surface area contributed by atoms with E-state index in [1.165, 1.54) is 5.56 Å². The molecule has 0 radical (unpaired) electrons. The minimum Gasteiger partial charge on any atom is -0.331 e. The summed E-state index contributed by atoms with van der Waals surface area (Å²) in [5.41, 5.74) is 1.28. The van der Waals surface area contributed by atoms with Crippen molar-refractivity contribution in [3.63, 3.8) is 0 Å². The summed E-state index contributed by atoms with van der Waals surface area (Å²) >= 11 is 0. The molecular formula is C13H13NO2. The topological polar surface area (TPSA) is 37.4 Å². The van der Waals surface area contributed by atoms with E-state index in [1.807, 2.05) is 18.2 Å². The highest BCUT2D eigenvalue weighted by Gasteiger charge is 2.47. The zero-order valence-electron chi connectivity index (χ0n) is 8.93. The Morgan fingerprint density at radius 2 is 1.88 bits per heavy atom. The van der Waals surface area contributed by atoms with Gasteiger partial charge in [-0.05, 0) is 12.0 Å². The van der Waals surface area contributed by atoms with Crippen LogP contribution in [0.25, 0.3) is 0 Å². The number of benzene rings is 1. The molecule has 2 atom stereocenters. The Morgan fingerprint density at radius 3 is 2.50 bits per heavy atom. The number of amides is 1. The molecule has 0 N–H and O–H groups in total. The van der Waals surface area contributed by atoms with Gasteiger partial charge in [0.15, 0.2) is 5.78 Å². The number of ketones is 1. The summed E-state index contributed by atoms with van der Waals surface area (Å²) in [6.45, 7) is 0.326. The molecule has 1 aromatic carbocycles. The average Bonchev–Trinajstić information content (AvgIpc) is 3.00. The Kier molecular flexibility index (Phi) is 2.06. The van der Waals surface area contributed by atoms with Gasteiger partial charge in [0.1, 0.15) is 0 Å². The Hall–Kier alpha value is -1.64. The van der Waals surface area contributed by atoms with Gasteiger partial charge in [0.05, 0.1) is 13.0 Å². The molecule has 3 heteroatoms. The van der Waals surface area contributed by atoms with Crippen molar-refractivity contribution < 1.29 is 9.59 Å². The predicted molar refractivity (Wildman–Crippen MR) is 58.9 cm³/mol. The van der Waals surface area contributed by atoms with E-state index in [2.05, 4.69) is 12.1 Å². The molecule has 3 nitrogen and oxygen atoms in total. The SMILES string of the molecule is O=C1CC(=O)N(C2CC2c2ccccc2)C1. The predicted octanol–water partition coefficient (Wildman–Crippen LogP) is 1.34. The molecule has 1 aliphatic carbocycles. The van der Waals surface area contributed by atoms with Gasteiger partial charge in [-0.1, -0.05) is 30.3 Å². The van der Waals surface area contributed by atoms with Gasteiger partial charge in [-0.15, -0.1) is 0 Å². The standard InChI is InChI=1S/C13H13NO2/c15-10-6-13(16)14(8-10)12-7-11(12)9-4-2-1-3-5-9/h1-5,11-12H,6-8H2. The van der Waals surface area contributed by atoms with Crippen LogP contribution in [0.15, 0.2) is 30.3 Å². The summed E-state index contributed by atoms with van der Waals surface area (Å²) in [6, 6.07) is 10.5. The molecule has 1 saturated heterocycles. The lowest BCUT2D eigenvalue weighted by molar-refractivity contribution is -0.128. The highest BCUT2D eigenvalue weighted by molar-refractivity contribution is 6.05. The van der Waals surface area contributed by atoms with E-state index in [1.54, 1.807) is 4.90 Å². The fourth-order valence-corrected chi connectivity index (χ4v) is 2.49. The number of rotatable bonds is 2. The minimum absolute atomic E-state index is 0.00781. The molecular weight excluding hydrogens is 202 g/mol. The molecule has 1 amide bonds. The highest BCUT2D eigenvalue weighted by atomic mass is 16.2. The van der Waals surface area contributed by atoms with Crippen LogP contribution in [-0.4, -0.2) is 29.2 Å². The first-order valence-electron chi connectivity index (χ1n) is 5.62. The maximum atomic E-state index is 11.5. The number of hydrogen-bond donors (Lipinski definition) is 0. The number of hydrogen-bond acceptors (Lipinski definition) is 2. The monoisotopic (exact) mass is 215 g/mol. The molecule has 0 bridgehead atoms. The Morgan fingerprint density at radius 1 is 1.12 bits per heavy atom. The normalized spacial score (nSPS) is 28.6. The van der Waals surface area contributed by atoms with Gasteiger partial charge in [-0.25, -0.2) is 0 Å². The first kappa shape index (κ1) is 9.58. The lowest BCUT2D eigenvalue weighted by Crippen LogP contribution is -2.28. The maximum Gasteiger partial charge on any atom is 0.230 e. The van der Waals surface area contributed by atoms with Gasteiger partial charge in [-0.2, -0.15) is 0 Å². The van der Waals surface area contributed by atoms with Crippen LogP contribution in [-0.2, 0) is 9.59 Å². The number of Topliss-reactive ketones (excluding diaryl/α,β-unsaturated/α-hetero) is 1. The van der Waals surface area contributed by atoms with Crippen molar-refractivity contribution in [3.05, 3.63) is 35.9 Å². The fourth-order valence-electron chi connectivity index (χ4n) is 2.49. The molecule has 1 saturated carbocycles. The molecule has 2 fully saturated rings. The quantitative estimate of drug-likeness (QED) is 0.698. The van der Waals surface area contributed by atoms with Crippen LogP contribution < -0.4 is 0 Å². The smallest absolute Gasteiger partial charge is 0.230 e. The molecule has 3 rings (SSSR count). The summed E-state index contributed by atoms with van der Waals surface area (Å²) in [5.74, 6) is 0.508. The summed E-state index contributed by atoms with van der Waals surface area (Å²) in [5, 5.41) is 0. The van der Waals surface area contributed by atoms with Crippen LogP contribution in [0.5, 0.6) is 0 Å². The zero-order chi connectivity index (χ0) is 11.1. The third kappa shape index (κ3) is 1.52. The molecule has 0 aromatic heterocycles. The van der Waals surface area contributed by atoms with Gasteiger partial charge in [0.25, 0.3) is 0 Å². The van der Waals surface area contributed by atoms with Gasteiger partial charge in [-0.3, -0.25) is 9.59 Å². The second kappa shape index (κ2) is 3.44. The molecule has 1 aromatic rings. The van der Waals surface area contributed by atoms with E-state index in [4.69, 9.17) is 0 Å². The Balaban J connectivity index is 1.73.